The van der Waals surface area contributed by atoms with Crippen molar-refractivity contribution < 1.29 is 0 Å². The van der Waals surface area contributed by atoms with Crippen molar-refractivity contribution in [3.8, 4) is 6.07 Å². The first kappa shape index (κ1) is 13.9. The largest absolute Gasteiger partial charge is 0.310 e. The first-order valence-electron chi connectivity index (χ1n) is 7.76. The molecule has 2 fully saturated rings. The fourth-order valence-electron chi connectivity index (χ4n) is 3.80. The molecule has 0 bridgehead atoms. The highest BCUT2D eigenvalue weighted by Gasteiger charge is 2.31. The van der Waals surface area contributed by atoms with Crippen LogP contribution >= 0.6 is 0 Å². The van der Waals surface area contributed by atoms with E-state index < -0.39 is 0 Å². The third-order valence-electron chi connectivity index (χ3n) is 4.84. The molecule has 0 amide bonds. The van der Waals surface area contributed by atoms with Crippen LogP contribution in [0.15, 0.2) is 0 Å². The smallest absolute Gasteiger partial charge is 0.0672 e. The van der Waals surface area contributed by atoms with Gasteiger partial charge in [0, 0.05) is 12.1 Å². The summed E-state index contributed by atoms with van der Waals surface area (Å²) in [6.07, 6.45) is 11.4. The van der Waals surface area contributed by atoms with Gasteiger partial charge >= 0.3 is 0 Å². The van der Waals surface area contributed by atoms with Crippen molar-refractivity contribution in [1.82, 2.24) is 5.32 Å². The normalized spacial score (nSPS) is 36.6. The summed E-state index contributed by atoms with van der Waals surface area (Å²) in [5, 5.41) is 13.2. The Bertz CT molecular complexity index is 303. The summed E-state index contributed by atoms with van der Waals surface area (Å²) in [4.78, 5) is 0. The maximum absolute atomic E-state index is 9.33. The molecular formula is C16H28N2. The molecule has 0 saturated heterocycles. The van der Waals surface area contributed by atoms with Gasteiger partial charge in [-0.05, 0) is 37.5 Å². The molecule has 0 aliphatic heterocycles. The summed E-state index contributed by atoms with van der Waals surface area (Å²) >= 11 is 0. The van der Waals surface area contributed by atoms with E-state index in [-0.39, 0.29) is 5.92 Å². The fourth-order valence-corrected chi connectivity index (χ4v) is 3.80. The second-order valence-electron chi connectivity index (χ2n) is 7.10. The molecule has 2 rings (SSSR count). The number of hydrogen-bond donors (Lipinski definition) is 1. The summed E-state index contributed by atoms with van der Waals surface area (Å²) in [6, 6.07) is 3.64. The van der Waals surface area contributed by atoms with E-state index in [9.17, 15) is 5.26 Å². The minimum atomic E-state index is 0.248. The zero-order chi connectivity index (χ0) is 13.0. The number of nitrogens with zero attached hydrogens (tertiary/aromatic N) is 1. The van der Waals surface area contributed by atoms with Gasteiger partial charge in [0.15, 0.2) is 0 Å². The standard InChI is InChI=1S/C16H28N2/c1-16(2)10-6-8-14(11-16)18-15-9-5-3-4-7-13(15)12-17/h13-15,18H,3-11H2,1-2H3. The molecule has 0 heterocycles. The van der Waals surface area contributed by atoms with Crippen LogP contribution in [-0.2, 0) is 0 Å². The van der Waals surface area contributed by atoms with Crippen LogP contribution in [-0.4, -0.2) is 12.1 Å². The van der Waals surface area contributed by atoms with Crippen molar-refractivity contribution in [3.63, 3.8) is 0 Å². The van der Waals surface area contributed by atoms with E-state index >= 15 is 0 Å². The van der Waals surface area contributed by atoms with Crippen molar-refractivity contribution in [2.24, 2.45) is 11.3 Å². The van der Waals surface area contributed by atoms with Crippen LogP contribution in [0.5, 0.6) is 0 Å². The molecule has 0 aromatic carbocycles. The molecule has 2 aliphatic rings. The molecule has 2 aliphatic carbocycles. The Hall–Kier alpha value is -0.550. The summed E-state index contributed by atoms with van der Waals surface area (Å²) in [5.74, 6) is 0.248. The number of hydrogen-bond acceptors (Lipinski definition) is 2. The van der Waals surface area contributed by atoms with E-state index in [0.717, 1.165) is 6.42 Å². The highest BCUT2D eigenvalue weighted by Crippen LogP contribution is 2.36. The van der Waals surface area contributed by atoms with E-state index in [0.29, 0.717) is 17.5 Å². The highest BCUT2D eigenvalue weighted by atomic mass is 15.0. The molecule has 0 aromatic rings. The molecule has 3 atom stereocenters. The Balaban J connectivity index is 1.92. The van der Waals surface area contributed by atoms with Crippen molar-refractivity contribution >= 4 is 0 Å². The second kappa shape index (κ2) is 6.06. The van der Waals surface area contributed by atoms with Gasteiger partial charge in [-0.15, -0.1) is 0 Å². The minimum absolute atomic E-state index is 0.248. The molecule has 0 aromatic heterocycles. The molecule has 102 valence electrons. The van der Waals surface area contributed by atoms with Crippen molar-refractivity contribution in [1.29, 1.82) is 5.26 Å². The van der Waals surface area contributed by atoms with Crippen LogP contribution in [0.25, 0.3) is 0 Å². The number of nitrogens with one attached hydrogen (secondary N) is 1. The van der Waals surface area contributed by atoms with Gasteiger partial charge in [0.1, 0.15) is 0 Å². The highest BCUT2D eigenvalue weighted by molar-refractivity contribution is 4.96. The Labute approximate surface area is 112 Å². The zero-order valence-corrected chi connectivity index (χ0v) is 12.0. The van der Waals surface area contributed by atoms with Crippen LogP contribution in [0.3, 0.4) is 0 Å². The lowest BCUT2D eigenvalue weighted by atomic mass is 9.74. The van der Waals surface area contributed by atoms with E-state index in [1.165, 1.54) is 51.4 Å². The van der Waals surface area contributed by atoms with Crippen molar-refractivity contribution in [3.05, 3.63) is 0 Å². The monoisotopic (exact) mass is 248 g/mol. The van der Waals surface area contributed by atoms with Gasteiger partial charge in [0.05, 0.1) is 12.0 Å². The Morgan fingerprint density at radius 2 is 1.83 bits per heavy atom. The van der Waals surface area contributed by atoms with E-state index in [4.69, 9.17) is 0 Å². The maximum Gasteiger partial charge on any atom is 0.0672 e. The van der Waals surface area contributed by atoms with Gasteiger partial charge in [0.2, 0.25) is 0 Å². The van der Waals surface area contributed by atoms with Crippen LogP contribution in [0, 0.1) is 22.7 Å². The number of nitriles is 1. The zero-order valence-electron chi connectivity index (χ0n) is 12.0. The van der Waals surface area contributed by atoms with Crippen molar-refractivity contribution in [2.45, 2.75) is 83.7 Å². The SMILES string of the molecule is CC1(C)CCCC(NC2CCCCCC2C#N)C1. The van der Waals surface area contributed by atoms with Gasteiger partial charge in [-0.1, -0.05) is 39.5 Å². The van der Waals surface area contributed by atoms with Crippen LogP contribution in [0.2, 0.25) is 0 Å². The average molecular weight is 248 g/mol. The molecule has 18 heavy (non-hydrogen) atoms. The van der Waals surface area contributed by atoms with Gasteiger partial charge < -0.3 is 5.32 Å². The third-order valence-corrected chi connectivity index (χ3v) is 4.84. The molecule has 0 spiro atoms. The summed E-state index contributed by atoms with van der Waals surface area (Å²) in [5.41, 5.74) is 0.489. The summed E-state index contributed by atoms with van der Waals surface area (Å²) in [7, 11) is 0. The molecule has 3 unspecified atom stereocenters. The molecule has 2 saturated carbocycles. The third kappa shape index (κ3) is 3.72. The second-order valence-corrected chi connectivity index (χ2v) is 7.10. The predicted octanol–water partition coefficient (Wildman–Crippen LogP) is 4.02. The van der Waals surface area contributed by atoms with Gasteiger partial charge in [-0.25, -0.2) is 0 Å². The lowest BCUT2D eigenvalue weighted by Crippen LogP contribution is -2.45. The molecule has 2 heteroatoms. The van der Waals surface area contributed by atoms with E-state index in [2.05, 4.69) is 25.2 Å². The molecule has 1 N–H and O–H groups in total. The summed E-state index contributed by atoms with van der Waals surface area (Å²) in [6.45, 7) is 4.77. The lowest BCUT2D eigenvalue weighted by molar-refractivity contribution is 0.180. The van der Waals surface area contributed by atoms with Crippen LogP contribution in [0.4, 0.5) is 0 Å². The molecule has 2 nitrogen and oxygen atoms in total. The Morgan fingerprint density at radius 1 is 1.06 bits per heavy atom. The van der Waals surface area contributed by atoms with Crippen molar-refractivity contribution in [2.75, 3.05) is 0 Å². The maximum atomic E-state index is 9.33. The topological polar surface area (TPSA) is 35.8 Å². The first-order valence-corrected chi connectivity index (χ1v) is 7.76. The first-order chi connectivity index (χ1) is 8.61. The van der Waals surface area contributed by atoms with E-state index in [1.54, 1.807) is 0 Å². The van der Waals surface area contributed by atoms with Crippen LogP contribution in [0.1, 0.15) is 71.6 Å². The quantitative estimate of drug-likeness (QED) is 0.749. The van der Waals surface area contributed by atoms with E-state index in [1.807, 2.05) is 0 Å². The van der Waals surface area contributed by atoms with Gasteiger partial charge in [-0.3, -0.25) is 0 Å². The lowest BCUT2D eigenvalue weighted by Gasteiger charge is -2.38. The van der Waals surface area contributed by atoms with Gasteiger partial charge in [0.25, 0.3) is 0 Å². The Kier molecular flexibility index (Phi) is 4.67. The van der Waals surface area contributed by atoms with Gasteiger partial charge in [-0.2, -0.15) is 5.26 Å². The number of rotatable bonds is 2. The minimum Gasteiger partial charge on any atom is -0.310 e. The fraction of sp³-hybridized carbons (Fsp3) is 0.938. The Morgan fingerprint density at radius 3 is 2.56 bits per heavy atom. The average Bonchev–Trinajstić information content (AvgIpc) is 2.53. The summed E-state index contributed by atoms with van der Waals surface area (Å²) < 4.78 is 0. The predicted molar refractivity (Wildman–Crippen MR) is 75.1 cm³/mol. The molecular weight excluding hydrogens is 220 g/mol. The van der Waals surface area contributed by atoms with Crippen LogP contribution < -0.4 is 5.32 Å². The molecule has 0 radical (unpaired) electrons.